The second kappa shape index (κ2) is 5.78. The summed E-state index contributed by atoms with van der Waals surface area (Å²) in [4.78, 5) is 15.4. The van der Waals surface area contributed by atoms with Gasteiger partial charge in [-0.15, -0.1) is 0 Å². The molecule has 0 radical (unpaired) electrons. The van der Waals surface area contributed by atoms with Crippen LogP contribution in [0.25, 0.3) is 0 Å². The van der Waals surface area contributed by atoms with Gasteiger partial charge in [0.2, 0.25) is 0 Å². The smallest absolute Gasteiger partial charge is 0.330 e. The van der Waals surface area contributed by atoms with E-state index in [1.165, 1.54) is 13.2 Å². The van der Waals surface area contributed by atoms with Crippen molar-refractivity contribution in [3.8, 4) is 0 Å². The summed E-state index contributed by atoms with van der Waals surface area (Å²) in [6, 6.07) is 0. The fraction of sp³-hybridized carbons (Fsp3) is 0.700. The molecule has 80 valence electrons. The average molecular weight is 198 g/mol. The Kier molecular flexibility index (Phi) is 4.62. The second-order valence-corrected chi connectivity index (χ2v) is 3.53. The fourth-order valence-electron chi connectivity index (χ4n) is 1.40. The molecule has 0 aromatic rings. The number of likely N-dealkylation sites (N-methyl/N-ethyl adjacent to an activating group) is 1. The molecule has 14 heavy (non-hydrogen) atoms. The van der Waals surface area contributed by atoms with Crippen molar-refractivity contribution in [2.24, 2.45) is 0 Å². The van der Waals surface area contributed by atoms with E-state index in [2.05, 4.69) is 21.6 Å². The molecule has 1 heterocycles. The number of hydrogen-bond donors (Lipinski definition) is 0. The topological polar surface area (TPSA) is 32.8 Å². The molecule has 1 saturated heterocycles. The van der Waals surface area contributed by atoms with Gasteiger partial charge in [-0.1, -0.05) is 6.08 Å². The molecule has 0 saturated carbocycles. The van der Waals surface area contributed by atoms with E-state index in [1.54, 1.807) is 0 Å². The Hall–Kier alpha value is -0.870. The highest BCUT2D eigenvalue weighted by molar-refractivity contribution is 5.81. The first-order chi connectivity index (χ1) is 6.72. The number of rotatable bonds is 3. The molecule has 0 aromatic heterocycles. The van der Waals surface area contributed by atoms with Gasteiger partial charge in [-0.2, -0.15) is 0 Å². The van der Waals surface area contributed by atoms with E-state index in [-0.39, 0.29) is 5.97 Å². The van der Waals surface area contributed by atoms with E-state index in [0.717, 1.165) is 32.7 Å². The van der Waals surface area contributed by atoms with Crippen LogP contribution < -0.4 is 0 Å². The van der Waals surface area contributed by atoms with Gasteiger partial charge in [0.05, 0.1) is 7.11 Å². The minimum absolute atomic E-state index is 0.279. The Morgan fingerprint density at radius 2 is 2.00 bits per heavy atom. The molecular formula is C10H18N2O2. The van der Waals surface area contributed by atoms with Crippen molar-refractivity contribution in [2.75, 3.05) is 46.9 Å². The first-order valence-corrected chi connectivity index (χ1v) is 4.88. The lowest BCUT2D eigenvalue weighted by Crippen LogP contribution is -2.44. The summed E-state index contributed by atoms with van der Waals surface area (Å²) in [6.07, 6.45) is 3.34. The highest BCUT2D eigenvalue weighted by atomic mass is 16.5. The maximum Gasteiger partial charge on any atom is 0.330 e. The molecule has 4 heteroatoms. The predicted molar refractivity (Wildman–Crippen MR) is 55.1 cm³/mol. The molecule has 0 N–H and O–H groups in total. The summed E-state index contributed by atoms with van der Waals surface area (Å²) >= 11 is 0. The van der Waals surface area contributed by atoms with Gasteiger partial charge in [-0.3, -0.25) is 4.90 Å². The molecule has 0 spiro atoms. The Bertz CT molecular complexity index is 208. The van der Waals surface area contributed by atoms with Gasteiger partial charge in [0.1, 0.15) is 0 Å². The minimum Gasteiger partial charge on any atom is -0.466 e. The lowest BCUT2D eigenvalue weighted by atomic mass is 10.3. The van der Waals surface area contributed by atoms with Gasteiger partial charge in [-0.05, 0) is 7.05 Å². The molecule has 1 aliphatic heterocycles. The number of ether oxygens (including phenoxy) is 1. The summed E-state index contributed by atoms with van der Waals surface area (Å²) in [5, 5.41) is 0. The van der Waals surface area contributed by atoms with Gasteiger partial charge < -0.3 is 9.64 Å². The third kappa shape index (κ3) is 3.89. The molecule has 0 aromatic carbocycles. The molecule has 0 atom stereocenters. The number of methoxy groups -OCH3 is 1. The molecule has 1 aliphatic rings. The molecular weight excluding hydrogens is 180 g/mol. The zero-order valence-corrected chi connectivity index (χ0v) is 8.90. The zero-order chi connectivity index (χ0) is 10.4. The number of carbonyl (C=O) groups is 1. The molecule has 0 aliphatic carbocycles. The van der Waals surface area contributed by atoms with Crippen LogP contribution in [0.3, 0.4) is 0 Å². The van der Waals surface area contributed by atoms with Crippen LogP contribution in [-0.2, 0) is 9.53 Å². The lowest BCUT2D eigenvalue weighted by Gasteiger charge is -2.31. The Labute approximate surface area is 85.1 Å². The van der Waals surface area contributed by atoms with Gasteiger partial charge >= 0.3 is 5.97 Å². The Morgan fingerprint density at radius 3 is 2.57 bits per heavy atom. The summed E-state index contributed by atoms with van der Waals surface area (Å²) < 4.78 is 4.50. The second-order valence-electron chi connectivity index (χ2n) is 3.53. The molecule has 1 fully saturated rings. The molecule has 0 unspecified atom stereocenters. The molecule has 1 rings (SSSR count). The van der Waals surface area contributed by atoms with Crippen molar-refractivity contribution in [1.82, 2.24) is 9.80 Å². The van der Waals surface area contributed by atoms with E-state index >= 15 is 0 Å². The highest BCUT2D eigenvalue weighted by Gasteiger charge is 2.11. The van der Waals surface area contributed by atoms with E-state index in [9.17, 15) is 4.79 Å². The zero-order valence-electron chi connectivity index (χ0n) is 8.90. The quantitative estimate of drug-likeness (QED) is 0.471. The van der Waals surface area contributed by atoms with Crippen molar-refractivity contribution >= 4 is 5.97 Å². The van der Waals surface area contributed by atoms with E-state index in [4.69, 9.17) is 0 Å². The van der Waals surface area contributed by atoms with Gasteiger partial charge in [0.15, 0.2) is 0 Å². The first kappa shape index (κ1) is 11.2. The fourth-order valence-corrected chi connectivity index (χ4v) is 1.40. The summed E-state index contributed by atoms with van der Waals surface area (Å²) in [7, 11) is 3.52. The van der Waals surface area contributed by atoms with Crippen LogP contribution in [0.5, 0.6) is 0 Å². The number of hydrogen-bond acceptors (Lipinski definition) is 4. The lowest BCUT2D eigenvalue weighted by molar-refractivity contribution is -0.134. The van der Waals surface area contributed by atoms with Crippen molar-refractivity contribution in [1.29, 1.82) is 0 Å². The van der Waals surface area contributed by atoms with Crippen LogP contribution in [0, 0.1) is 0 Å². The number of nitrogens with zero attached hydrogens (tertiary/aromatic N) is 2. The van der Waals surface area contributed by atoms with Crippen LogP contribution in [0.15, 0.2) is 12.2 Å². The van der Waals surface area contributed by atoms with Crippen molar-refractivity contribution in [2.45, 2.75) is 0 Å². The monoisotopic (exact) mass is 198 g/mol. The van der Waals surface area contributed by atoms with Crippen molar-refractivity contribution in [3.05, 3.63) is 12.2 Å². The third-order valence-corrected chi connectivity index (χ3v) is 2.41. The number of piperazine rings is 1. The van der Waals surface area contributed by atoms with Crippen LogP contribution in [0.4, 0.5) is 0 Å². The van der Waals surface area contributed by atoms with E-state index < -0.39 is 0 Å². The summed E-state index contributed by atoms with van der Waals surface area (Å²) in [5.41, 5.74) is 0. The Balaban J connectivity index is 2.19. The maximum atomic E-state index is 10.8. The normalized spacial score (nSPS) is 20.1. The van der Waals surface area contributed by atoms with Gasteiger partial charge in [-0.25, -0.2) is 4.79 Å². The molecule has 0 amide bonds. The molecule has 4 nitrogen and oxygen atoms in total. The summed E-state index contributed by atoms with van der Waals surface area (Å²) in [5.74, 6) is -0.279. The van der Waals surface area contributed by atoms with Gasteiger partial charge in [0.25, 0.3) is 0 Å². The highest BCUT2D eigenvalue weighted by Crippen LogP contribution is 1.98. The number of esters is 1. The van der Waals surface area contributed by atoms with Crippen LogP contribution in [-0.4, -0.2) is 62.7 Å². The first-order valence-electron chi connectivity index (χ1n) is 4.88. The third-order valence-electron chi connectivity index (χ3n) is 2.41. The van der Waals surface area contributed by atoms with Gasteiger partial charge in [0, 0.05) is 38.8 Å². The van der Waals surface area contributed by atoms with Crippen LogP contribution in [0.2, 0.25) is 0 Å². The standard InChI is InChI=1S/C10H18N2O2/c1-11-6-8-12(9-7-11)5-3-4-10(13)14-2/h3-4H,5-9H2,1-2H3/b4-3+. The van der Waals surface area contributed by atoms with Crippen molar-refractivity contribution in [3.63, 3.8) is 0 Å². The van der Waals surface area contributed by atoms with Crippen LogP contribution >= 0.6 is 0 Å². The Morgan fingerprint density at radius 1 is 1.36 bits per heavy atom. The number of carbonyl (C=O) groups excluding carboxylic acids is 1. The van der Waals surface area contributed by atoms with Crippen molar-refractivity contribution < 1.29 is 9.53 Å². The SMILES string of the molecule is COC(=O)/C=C/CN1CCN(C)CC1. The molecule has 0 bridgehead atoms. The van der Waals surface area contributed by atoms with E-state index in [0.29, 0.717) is 0 Å². The largest absolute Gasteiger partial charge is 0.466 e. The average Bonchev–Trinajstić information content (AvgIpc) is 2.21. The minimum atomic E-state index is -0.279. The summed E-state index contributed by atoms with van der Waals surface area (Å²) in [6.45, 7) is 5.19. The van der Waals surface area contributed by atoms with E-state index in [1.807, 2.05) is 6.08 Å². The van der Waals surface area contributed by atoms with Crippen LogP contribution in [0.1, 0.15) is 0 Å². The maximum absolute atomic E-state index is 10.8. The predicted octanol–water partition coefficient (Wildman–Crippen LogP) is -0.0370.